The lowest BCUT2D eigenvalue weighted by Crippen LogP contribution is -2.35. The third-order valence-corrected chi connectivity index (χ3v) is 2.95. The van der Waals surface area contributed by atoms with Crippen molar-refractivity contribution in [2.45, 2.75) is 13.8 Å². The Bertz CT molecular complexity index is 543. The number of aromatic nitrogens is 2. The summed E-state index contributed by atoms with van der Waals surface area (Å²) in [6, 6.07) is 7.97. The van der Waals surface area contributed by atoms with Gasteiger partial charge in [0.05, 0.1) is 0 Å². The molecule has 0 bridgehead atoms. The van der Waals surface area contributed by atoms with E-state index in [-0.39, 0.29) is 0 Å². The van der Waals surface area contributed by atoms with Crippen LogP contribution in [0.4, 0.5) is 0 Å². The van der Waals surface area contributed by atoms with E-state index in [2.05, 4.69) is 29.9 Å². The van der Waals surface area contributed by atoms with Crippen LogP contribution in [-0.2, 0) is 0 Å². The summed E-state index contributed by atoms with van der Waals surface area (Å²) in [5, 5.41) is 3.29. The minimum absolute atomic E-state index is 0.801. The quantitative estimate of drug-likeness (QED) is 0.761. The van der Waals surface area contributed by atoms with Crippen LogP contribution in [0.5, 0.6) is 0 Å². The second kappa shape index (κ2) is 4.61. The van der Waals surface area contributed by atoms with E-state index in [1.807, 2.05) is 22.9 Å². The molecule has 0 aliphatic heterocycles. The lowest BCUT2D eigenvalue weighted by molar-refractivity contribution is 0.624. The van der Waals surface area contributed by atoms with Crippen molar-refractivity contribution in [2.75, 3.05) is 18.1 Å². The summed E-state index contributed by atoms with van der Waals surface area (Å²) in [6.07, 6.45) is 1.80. The first-order valence-electron chi connectivity index (χ1n) is 5.50. The third-order valence-electron chi connectivity index (χ3n) is 2.64. The Labute approximate surface area is 100 Å². The molecule has 0 saturated carbocycles. The summed E-state index contributed by atoms with van der Waals surface area (Å²) < 4.78 is 2.82. The van der Waals surface area contributed by atoms with Crippen molar-refractivity contribution in [1.29, 1.82) is 0 Å². The van der Waals surface area contributed by atoms with Crippen molar-refractivity contribution in [1.82, 2.24) is 9.66 Å². The van der Waals surface area contributed by atoms with Gasteiger partial charge in [0.1, 0.15) is 4.64 Å². The molecule has 0 aromatic carbocycles. The number of rotatable bonds is 3. The zero-order valence-corrected chi connectivity index (χ0v) is 10.4. The van der Waals surface area contributed by atoms with Gasteiger partial charge in [-0.1, -0.05) is 12.2 Å². The highest BCUT2D eigenvalue weighted by Crippen LogP contribution is 2.12. The van der Waals surface area contributed by atoms with E-state index < -0.39 is 0 Å². The van der Waals surface area contributed by atoms with Gasteiger partial charge in [-0.05, 0) is 38.1 Å². The Morgan fingerprint density at radius 2 is 2.00 bits per heavy atom. The fraction of sp³-hybridized carbons (Fsp3) is 0.333. The van der Waals surface area contributed by atoms with E-state index in [0.29, 0.717) is 0 Å². The highest BCUT2D eigenvalue weighted by atomic mass is 32.1. The Hall–Kier alpha value is -1.42. The summed E-state index contributed by atoms with van der Waals surface area (Å²) in [4.78, 5) is 4.41. The van der Waals surface area contributed by atoms with Crippen LogP contribution in [0.1, 0.15) is 13.8 Å². The van der Waals surface area contributed by atoms with Gasteiger partial charge in [0, 0.05) is 24.7 Å². The normalized spacial score (nSPS) is 10.6. The summed E-state index contributed by atoms with van der Waals surface area (Å²) >= 11 is 5.37. The molecule has 0 unspecified atom stereocenters. The molecule has 4 heteroatoms. The van der Waals surface area contributed by atoms with Crippen molar-refractivity contribution in [3.05, 3.63) is 35.1 Å². The molecule has 0 aliphatic rings. The fourth-order valence-corrected chi connectivity index (χ4v) is 2.10. The summed E-state index contributed by atoms with van der Waals surface area (Å²) in [7, 11) is 0. The molecule has 2 aromatic rings. The first-order valence-corrected chi connectivity index (χ1v) is 5.90. The highest BCUT2D eigenvalue weighted by Gasteiger charge is 2.06. The maximum atomic E-state index is 5.37. The van der Waals surface area contributed by atoms with Crippen molar-refractivity contribution >= 4 is 23.3 Å². The van der Waals surface area contributed by atoms with Crippen molar-refractivity contribution < 1.29 is 0 Å². The van der Waals surface area contributed by atoms with Crippen LogP contribution in [0.25, 0.3) is 11.0 Å². The standard InChI is InChI=1S/C12H15N3S/c1-3-14(4-2)15-11(16)8-7-10-6-5-9-13-12(10)15/h5-9H,3-4H2,1-2H3. The van der Waals surface area contributed by atoms with E-state index in [9.17, 15) is 0 Å². The van der Waals surface area contributed by atoms with Gasteiger partial charge >= 0.3 is 0 Å². The largest absolute Gasteiger partial charge is 0.311 e. The molecule has 0 aliphatic carbocycles. The summed E-state index contributed by atoms with van der Waals surface area (Å²) in [5.41, 5.74) is 0.929. The van der Waals surface area contributed by atoms with Crippen molar-refractivity contribution in [3.63, 3.8) is 0 Å². The third kappa shape index (κ3) is 1.80. The number of hydrogen-bond donors (Lipinski definition) is 0. The monoisotopic (exact) mass is 233 g/mol. The van der Waals surface area contributed by atoms with Crippen molar-refractivity contribution in [2.24, 2.45) is 0 Å². The summed E-state index contributed by atoms with van der Waals surface area (Å²) in [6.45, 7) is 6.07. The second-order valence-corrected chi connectivity index (χ2v) is 3.96. The Morgan fingerprint density at radius 1 is 1.25 bits per heavy atom. The Balaban J connectivity index is 2.75. The lowest BCUT2D eigenvalue weighted by atomic mass is 10.3. The van der Waals surface area contributed by atoms with Gasteiger partial charge in [-0.15, -0.1) is 0 Å². The minimum Gasteiger partial charge on any atom is -0.311 e. The number of fused-ring (bicyclic) bond motifs is 1. The van der Waals surface area contributed by atoms with Crippen LogP contribution >= 0.6 is 12.2 Å². The molecular formula is C12H15N3S. The van der Waals surface area contributed by atoms with Gasteiger partial charge in [-0.3, -0.25) is 0 Å². The molecule has 2 heterocycles. The van der Waals surface area contributed by atoms with Crippen molar-refractivity contribution in [3.8, 4) is 0 Å². The first-order chi connectivity index (χ1) is 7.77. The molecule has 2 rings (SSSR count). The van der Waals surface area contributed by atoms with E-state index >= 15 is 0 Å². The smallest absolute Gasteiger partial charge is 0.159 e. The molecule has 0 amide bonds. The van der Waals surface area contributed by atoms with Crippen LogP contribution in [0.15, 0.2) is 30.5 Å². The minimum atomic E-state index is 0.801. The van der Waals surface area contributed by atoms with E-state index in [4.69, 9.17) is 12.2 Å². The Kier molecular flexibility index (Phi) is 3.19. The van der Waals surface area contributed by atoms with E-state index in [1.165, 1.54) is 0 Å². The van der Waals surface area contributed by atoms with Gasteiger partial charge in [-0.2, -0.15) is 0 Å². The van der Waals surface area contributed by atoms with Gasteiger partial charge in [-0.25, -0.2) is 9.66 Å². The molecule has 84 valence electrons. The zero-order valence-electron chi connectivity index (χ0n) is 9.55. The SMILES string of the molecule is CCN(CC)n1c(=S)ccc2cccnc21. The zero-order chi connectivity index (χ0) is 11.5. The lowest BCUT2D eigenvalue weighted by Gasteiger charge is -2.25. The summed E-state index contributed by atoms with van der Waals surface area (Å²) in [5.74, 6) is 0. The van der Waals surface area contributed by atoms with Crippen LogP contribution in [-0.4, -0.2) is 22.7 Å². The van der Waals surface area contributed by atoms with Gasteiger partial charge in [0.15, 0.2) is 5.65 Å². The van der Waals surface area contributed by atoms with E-state index in [0.717, 1.165) is 28.8 Å². The first kappa shape index (κ1) is 11.1. The maximum Gasteiger partial charge on any atom is 0.159 e. The number of hydrogen-bond acceptors (Lipinski definition) is 3. The molecular weight excluding hydrogens is 218 g/mol. The maximum absolute atomic E-state index is 5.37. The van der Waals surface area contributed by atoms with Crippen LogP contribution < -0.4 is 5.01 Å². The molecule has 3 nitrogen and oxygen atoms in total. The van der Waals surface area contributed by atoms with Crippen LogP contribution in [0, 0.1) is 4.64 Å². The Morgan fingerprint density at radius 3 is 2.69 bits per heavy atom. The topological polar surface area (TPSA) is 21.1 Å². The molecule has 2 aromatic heterocycles. The van der Waals surface area contributed by atoms with E-state index in [1.54, 1.807) is 6.20 Å². The highest BCUT2D eigenvalue weighted by molar-refractivity contribution is 7.71. The number of pyridine rings is 2. The molecule has 0 N–H and O–H groups in total. The molecule has 0 saturated heterocycles. The molecule has 0 spiro atoms. The van der Waals surface area contributed by atoms with Crippen LogP contribution in [0.2, 0.25) is 0 Å². The predicted octanol–water partition coefficient (Wildman–Crippen LogP) is 2.74. The van der Waals surface area contributed by atoms with Gasteiger partial charge in [0.2, 0.25) is 0 Å². The molecule has 0 radical (unpaired) electrons. The average molecular weight is 233 g/mol. The molecule has 16 heavy (non-hydrogen) atoms. The molecule has 0 atom stereocenters. The fourth-order valence-electron chi connectivity index (χ4n) is 1.83. The predicted molar refractivity (Wildman–Crippen MR) is 69.9 cm³/mol. The van der Waals surface area contributed by atoms with Gasteiger partial charge in [0.25, 0.3) is 0 Å². The van der Waals surface area contributed by atoms with Gasteiger partial charge < -0.3 is 5.01 Å². The second-order valence-electron chi connectivity index (χ2n) is 3.54. The average Bonchev–Trinajstić information content (AvgIpc) is 2.33. The van der Waals surface area contributed by atoms with Crippen LogP contribution in [0.3, 0.4) is 0 Å². The number of nitrogens with zero attached hydrogens (tertiary/aromatic N) is 3. The molecule has 0 fully saturated rings.